The zero-order valence-corrected chi connectivity index (χ0v) is 14.6. The van der Waals surface area contributed by atoms with Gasteiger partial charge in [-0.05, 0) is 53.7 Å². The van der Waals surface area contributed by atoms with E-state index in [1.54, 1.807) is 25.1 Å². The van der Waals surface area contributed by atoms with Crippen LogP contribution in [-0.2, 0) is 9.53 Å². The van der Waals surface area contributed by atoms with Crippen LogP contribution < -0.4 is 5.32 Å². The van der Waals surface area contributed by atoms with Gasteiger partial charge in [-0.3, -0.25) is 4.79 Å². The predicted octanol–water partition coefficient (Wildman–Crippen LogP) is 3.69. The first kappa shape index (κ1) is 17.0. The molecule has 5 heteroatoms. The molecule has 1 aromatic rings. The molecule has 1 aliphatic carbocycles. The second-order valence-corrected chi connectivity index (χ2v) is 6.76. The molecule has 0 unspecified atom stereocenters. The van der Waals surface area contributed by atoms with E-state index in [1.165, 1.54) is 6.42 Å². The van der Waals surface area contributed by atoms with Crippen LogP contribution in [0.3, 0.4) is 0 Å². The Hall–Kier alpha value is -1.36. The molecule has 1 fully saturated rings. The average Bonchev–Trinajstić information content (AvgIpc) is 2.49. The number of carbonyl (C=O) groups excluding carboxylic acids is 2. The molecule has 0 bridgehead atoms. The van der Waals surface area contributed by atoms with Gasteiger partial charge < -0.3 is 10.1 Å². The highest BCUT2D eigenvalue weighted by Gasteiger charge is 2.26. The van der Waals surface area contributed by atoms with Crippen molar-refractivity contribution in [2.24, 2.45) is 5.92 Å². The van der Waals surface area contributed by atoms with Gasteiger partial charge in [-0.25, -0.2) is 4.79 Å². The molecule has 0 aromatic heterocycles. The Bertz CT molecular complexity index is 546. The van der Waals surface area contributed by atoms with Crippen LogP contribution in [0, 0.1) is 5.92 Å². The van der Waals surface area contributed by atoms with Gasteiger partial charge in [0.25, 0.3) is 5.91 Å². The van der Waals surface area contributed by atoms with Crippen LogP contribution >= 0.6 is 15.9 Å². The van der Waals surface area contributed by atoms with Crippen LogP contribution in [-0.4, -0.2) is 24.0 Å². The van der Waals surface area contributed by atoms with Gasteiger partial charge >= 0.3 is 5.97 Å². The summed E-state index contributed by atoms with van der Waals surface area (Å²) in [6.07, 6.45) is 3.70. The summed E-state index contributed by atoms with van der Waals surface area (Å²) in [5, 5.41) is 3.01. The number of nitrogens with one attached hydrogen (secondary N) is 1. The minimum Gasteiger partial charge on any atom is -0.449 e. The minimum atomic E-state index is -0.797. The average molecular weight is 368 g/mol. The van der Waals surface area contributed by atoms with Crippen molar-refractivity contribution in [3.63, 3.8) is 0 Å². The molecule has 1 aromatic carbocycles. The van der Waals surface area contributed by atoms with Gasteiger partial charge in [-0.1, -0.05) is 31.9 Å². The zero-order chi connectivity index (χ0) is 16.1. The van der Waals surface area contributed by atoms with E-state index in [1.807, 2.05) is 6.07 Å². The van der Waals surface area contributed by atoms with Crippen LogP contribution in [0.25, 0.3) is 0 Å². The third-order valence-electron chi connectivity index (χ3n) is 4.19. The van der Waals surface area contributed by atoms with Gasteiger partial charge in [0.05, 0.1) is 5.56 Å². The van der Waals surface area contributed by atoms with Gasteiger partial charge in [-0.2, -0.15) is 0 Å². The van der Waals surface area contributed by atoms with Crippen molar-refractivity contribution >= 4 is 27.8 Å². The van der Waals surface area contributed by atoms with E-state index in [0.717, 1.165) is 19.3 Å². The summed E-state index contributed by atoms with van der Waals surface area (Å²) in [6, 6.07) is 7.20. The van der Waals surface area contributed by atoms with Crippen LogP contribution in [0.4, 0.5) is 0 Å². The van der Waals surface area contributed by atoms with Crippen molar-refractivity contribution < 1.29 is 14.3 Å². The SMILES string of the molecule is C[C@@H](OC(=O)c1ccccc1Br)C(=O)N[C@@H]1CCCC[C@@H]1C. The van der Waals surface area contributed by atoms with E-state index in [0.29, 0.717) is 16.0 Å². The highest BCUT2D eigenvalue weighted by molar-refractivity contribution is 9.10. The third-order valence-corrected chi connectivity index (χ3v) is 4.88. The second-order valence-electron chi connectivity index (χ2n) is 5.90. The van der Waals surface area contributed by atoms with Crippen molar-refractivity contribution in [1.29, 1.82) is 0 Å². The fourth-order valence-electron chi connectivity index (χ4n) is 2.74. The van der Waals surface area contributed by atoms with Gasteiger partial charge in [0, 0.05) is 10.5 Å². The number of benzene rings is 1. The molecule has 0 aliphatic heterocycles. The molecule has 1 aliphatic rings. The first-order chi connectivity index (χ1) is 10.5. The highest BCUT2D eigenvalue weighted by Crippen LogP contribution is 2.24. The smallest absolute Gasteiger partial charge is 0.340 e. The summed E-state index contributed by atoms with van der Waals surface area (Å²) in [7, 11) is 0. The standard InChI is InChI=1S/C17H22BrNO3/c1-11-7-3-6-10-15(11)19-16(20)12(2)22-17(21)13-8-4-5-9-14(13)18/h4-5,8-9,11-12,15H,3,6-7,10H2,1-2H3,(H,19,20)/t11-,12+,15+/m0/s1. The first-order valence-corrected chi connectivity index (χ1v) is 8.54. The van der Waals surface area contributed by atoms with Crippen LogP contribution in [0.15, 0.2) is 28.7 Å². The summed E-state index contributed by atoms with van der Waals surface area (Å²) >= 11 is 3.31. The quantitative estimate of drug-likeness (QED) is 0.825. The molecule has 3 atom stereocenters. The fourth-order valence-corrected chi connectivity index (χ4v) is 3.18. The van der Waals surface area contributed by atoms with E-state index in [2.05, 4.69) is 28.2 Å². The van der Waals surface area contributed by atoms with E-state index in [-0.39, 0.29) is 11.9 Å². The molecule has 2 rings (SSSR count). The normalized spacial score (nSPS) is 22.7. The molecule has 120 valence electrons. The van der Waals surface area contributed by atoms with E-state index >= 15 is 0 Å². The summed E-state index contributed by atoms with van der Waals surface area (Å²) in [4.78, 5) is 24.3. The Balaban J connectivity index is 1.91. The first-order valence-electron chi connectivity index (χ1n) is 7.75. The second kappa shape index (κ2) is 7.77. The molecule has 4 nitrogen and oxygen atoms in total. The van der Waals surface area contributed by atoms with Crippen molar-refractivity contribution in [3.05, 3.63) is 34.3 Å². The number of esters is 1. The fraction of sp³-hybridized carbons (Fsp3) is 0.529. The molecule has 0 saturated heterocycles. The molecule has 0 spiro atoms. The zero-order valence-electron chi connectivity index (χ0n) is 13.0. The maximum absolute atomic E-state index is 12.2. The third kappa shape index (κ3) is 4.32. The topological polar surface area (TPSA) is 55.4 Å². The molecular formula is C17H22BrNO3. The van der Waals surface area contributed by atoms with Crippen molar-refractivity contribution in [2.75, 3.05) is 0 Å². The van der Waals surface area contributed by atoms with Crippen LogP contribution in [0.1, 0.15) is 49.9 Å². The maximum atomic E-state index is 12.2. The van der Waals surface area contributed by atoms with Crippen LogP contribution in [0.2, 0.25) is 0 Å². The number of rotatable bonds is 4. The number of amides is 1. The lowest BCUT2D eigenvalue weighted by molar-refractivity contribution is -0.130. The number of ether oxygens (including phenoxy) is 1. The number of hydrogen-bond acceptors (Lipinski definition) is 3. The Morgan fingerprint density at radius 3 is 2.64 bits per heavy atom. The Morgan fingerprint density at radius 2 is 1.95 bits per heavy atom. The molecular weight excluding hydrogens is 346 g/mol. The lowest BCUT2D eigenvalue weighted by Crippen LogP contribution is -2.46. The predicted molar refractivity (Wildman–Crippen MR) is 88.6 cm³/mol. The van der Waals surface area contributed by atoms with E-state index in [4.69, 9.17) is 4.74 Å². The molecule has 0 heterocycles. The van der Waals surface area contributed by atoms with E-state index < -0.39 is 12.1 Å². The Labute approximate surface area is 139 Å². The minimum absolute atomic E-state index is 0.186. The summed E-state index contributed by atoms with van der Waals surface area (Å²) in [6.45, 7) is 3.76. The molecule has 22 heavy (non-hydrogen) atoms. The van der Waals surface area contributed by atoms with Crippen molar-refractivity contribution in [2.45, 2.75) is 51.7 Å². The van der Waals surface area contributed by atoms with Crippen LogP contribution in [0.5, 0.6) is 0 Å². The Kier molecular flexibility index (Phi) is 6.00. The van der Waals surface area contributed by atoms with E-state index in [9.17, 15) is 9.59 Å². The van der Waals surface area contributed by atoms with Crippen molar-refractivity contribution in [1.82, 2.24) is 5.32 Å². The summed E-state index contributed by atoms with van der Waals surface area (Å²) in [5.74, 6) is -0.241. The van der Waals surface area contributed by atoms with Gasteiger partial charge in [0.2, 0.25) is 0 Å². The Morgan fingerprint density at radius 1 is 1.27 bits per heavy atom. The van der Waals surface area contributed by atoms with Crippen molar-refractivity contribution in [3.8, 4) is 0 Å². The lowest BCUT2D eigenvalue weighted by atomic mass is 9.86. The monoisotopic (exact) mass is 367 g/mol. The number of hydrogen-bond donors (Lipinski definition) is 1. The summed E-state index contributed by atoms with van der Waals surface area (Å²) < 4.78 is 5.94. The molecule has 1 N–H and O–H groups in total. The number of halogens is 1. The summed E-state index contributed by atoms with van der Waals surface area (Å²) in [5.41, 5.74) is 0.424. The molecule has 1 amide bonds. The van der Waals surface area contributed by atoms with Gasteiger partial charge in [0.1, 0.15) is 0 Å². The molecule has 0 radical (unpaired) electrons. The largest absolute Gasteiger partial charge is 0.449 e. The lowest BCUT2D eigenvalue weighted by Gasteiger charge is -2.30. The van der Waals surface area contributed by atoms with Gasteiger partial charge in [-0.15, -0.1) is 0 Å². The maximum Gasteiger partial charge on any atom is 0.340 e. The van der Waals surface area contributed by atoms with Gasteiger partial charge in [0.15, 0.2) is 6.10 Å². The molecule has 1 saturated carbocycles. The number of carbonyl (C=O) groups is 2. The highest BCUT2D eigenvalue weighted by atomic mass is 79.9.